The molecular weight excluding hydrogens is 166 g/mol. The first-order chi connectivity index (χ1) is 5.66. The number of rotatable bonds is 2. The fourth-order valence-corrected chi connectivity index (χ4v) is 2.50. The maximum Gasteiger partial charge on any atom is 0.0229 e. The first-order valence-corrected chi connectivity index (χ1v) is 5.55. The predicted octanol–water partition coefficient (Wildman–Crippen LogP) is 2.18. The van der Waals surface area contributed by atoms with Crippen molar-refractivity contribution in [3.05, 3.63) is 0 Å². The maximum atomic E-state index is 4.68. The summed E-state index contributed by atoms with van der Waals surface area (Å²) in [6.45, 7) is 6.13. The minimum absolute atomic E-state index is 0.285. The summed E-state index contributed by atoms with van der Waals surface area (Å²) in [6, 6.07) is 0. The van der Waals surface area contributed by atoms with E-state index in [1.807, 2.05) is 0 Å². The molecule has 12 heavy (non-hydrogen) atoms. The van der Waals surface area contributed by atoms with Crippen LogP contribution in [0.3, 0.4) is 0 Å². The molecule has 70 valence electrons. The van der Waals surface area contributed by atoms with Gasteiger partial charge in [0.2, 0.25) is 0 Å². The van der Waals surface area contributed by atoms with E-state index in [1.165, 1.54) is 45.3 Å². The normalized spacial score (nSPS) is 38.5. The van der Waals surface area contributed by atoms with Gasteiger partial charge in [0.05, 0.1) is 0 Å². The molecule has 0 spiro atoms. The van der Waals surface area contributed by atoms with Crippen LogP contribution in [-0.2, 0) is 0 Å². The van der Waals surface area contributed by atoms with Crippen LogP contribution in [0.1, 0.15) is 32.6 Å². The molecule has 2 aliphatic rings. The molecule has 1 aliphatic carbocycles. The van der Waals surface area contributed by atoms with Crippen LogP contribution >= 0.6 is 12.6 Å². The van der Waals surface area contributed by atoms with Crippen molar-refractivity contribution in [1.29, 1.82) is 0 Å². The van der Waals surface area contributed by atoms with E-state index in [9.17, 15) is 0 Å². The van der Waals surface area contributed by atoms with Crippen molar-refractivity contribution in [2.24, 2.45) is 5.92 Å². The summed E-state index contributed by atoms with van der Waals surface area (Å²) >= 11 is 4.68. The van der Waals surface area contributed by atoms with Gasteiger partial charge in [0.1, 0.15) is 0 Å². The standard InChI is InChI=1S/C10H19NS/c1-10(12)5-2-6-11(8-10)7-9-3-4-9/h9,12H,2-8H2,1H3/t10-/m0/s1. The molecule has 2 fully saturated rings. The van der Waals surface area contributed by atoms with Gasteiger partial charge < -0.3 is 4.90 Å². The van der Waals surface area contributed by atoms with Gasteiger partial charge in [-0.2, -0.15) is 12.6 Å². The highest BCUT2D eigenvalue weighted by atomic mass is 32.1. The number of piperidine rings is 1. The zero-order valence-corrected chi connectivity index (χ0v) is 8.82. The molecule has 0 unspecified atom stereocenters. The molecule has 1 aliphatic heterocycles. The van der Waals surface area contributed by atoms with Crippen LogP contribution in [-0.4, -0.2) is 29.3 Å². The smallest absolute Gasteiger partial charge is 0.0229 e. The molecule has 0 aromatic rings. The van der Waals surface area contributed by atoms with Crippen LogP contribution in [0.5, 0.6) is 0 Å². The van der Waals surface area contributed by atoms with E-state index in [2.05, 4.69) is 24.5 Å². The Labute approximate surface area is 80.9 Å². The zero-order valence-electron chi connectivity index (χ0n) is 7.92. The highest BCUT2D eigenvalue weighted by molar-refractivity contribution is 7.81. The third-order valence-corrected chi connectivity index (χ3v) is 3.33. The molecule has 1 nitrogen and oxygen atoms in total. The van der Waals surface area contributed by atoms with E-state index in [0.717, 1.165) is 5.92 Å². The molecule has 1 atom stereocenters. The van der Waals surface area contributed by atoms with Crippen molar-refractivity contribution in [2.45, 2.75) is 37.4 Å². The lowest BCUT2D eigenvalue weighted by molar-refractivity contribution is 0.194. The molecule has 2 rings (SSSR count). The summed E-state index contributed by atoms with van der Waals surface area (Å²) < 4.78 is 0.285. The van der Waals surface area contributed by atoms with E-state index in [4.69, 9.17) is 0 Å². The summed E-state index contributed by atoms with van der Waals surface area (Å²) in [6.07, 6.45) is 5.57. The topological polar surface area (TPSA) is 3.24 Å². The second-order valence-corrected chi connectivity index (χ2v) is 5.86. The molecule has 0 amide bonds. The lowest BCUT2D eigenvalue weighted by Crippen LogP contribution is -2.43. The average Bonchev–Trinajstić information content (AvgIpc) is 2.69. The van der Waals surface area contributed by atoms with Gasteiger partial charge in [0, 0.05) is 17.8 Å². The summed E-state index contributed by atoms with van der Waals surface area (Å²) in [5.74, 6) is 1.03. The third-order valence-electron chi connectivity index (χ3n) is 2.97. The SMILES string of the molecule is C[C@]1(S)CCCN(CC2CC2)C1. The lowest BCUT2D eigenvalue weighted by atomic mass is 9.99. The summed E-state index contributed by atoms with van der Waals surface area (Å²) in [4.78, 5) is 2.61. The first-order valence-electron chi connectivity index (χ1n) is 5.10. The first kappa shape index (κ1) is 8.89. The fraction of sp³-hybridized carbons (Fsp3) is 1.00. The molecule has 0 bridgehead atoms. The quantitative estimate of drug-likeness (QED) is 0.645. The average molecular weight is 185 g/mol. The number of hydrogen-bond donors (Lipinski definition) is 1. The van der Waals surface area contributed by atoms with Gasteiger partial charge in [0.25, 0.3) is 0 Å². The Hall–Kier alpha value is 0.310. The van der Waals surface area contributed by atoms with Gasteiger partial charge >= 0.3 is 0 Å². The summed E-state index contributed by atoms with van der Waals surface area (Å²) in [7, 11) is 0. The van der Waals surface area contributed by atoms with Crippen molar-refractivity contribution in [3.63, 3.8) is 0 Å². The van der Waals surface area contributed by atoms with E-state index in [-0.39, 0.29) is 4.75 Å². The van der Waals surface area contributed by atoms with Crippen molar-refractivity contribution < 1.29 is 0 Å². The fourth-order valence-electron chi connectivity index (χ4n) is 2.14. The Bertz CT molecular complexity index is 163. The Balaban J connectivity index is 1.81. The largest absolute Gasteiger partial charge is 0.302 e. The Morgan fingerprint density at radius 2 is 2.25 bits per heavy atom. The van der Waals surface area contributed by atoms with Crippen molar-refractivity contribution in [3.8, 4) is 0 Å². The van der Waals surface area contributed by atoms with Gasteiger partial charge in [-0.05, 0) is 45.1 Å². The van der Waals surface area contributed by atoms with E-state index < -0.39 is 0 Å². The molecule has 0 N–H and O–H groups in total. The van der Waals surface area contributed by atoms with E-state index >= 15 is 0 Å². The van der Waals surface area contributed by atoms with Crippen LogP contribution in [0.15, 0.2) is 0 Å². The number of nitrogens with zero attached hydrogens (tertiary/aromatic N) is 1. The molecule has 0 radical (unpaired) electrons. The molecule has 1 heterocycles. The zero-order chi connectivity index (χ0) is 8.60. The number of likely N-dealkylation sites (tertiary alicyclic amines) is 1. The van der Waals surface area contributed by atoms with Gasteiger partial charge in [-0.15, -0.1) is 0 Å². The highest BCUT2D eigenvalue weighted by Gasteiger charge is 2.31. The van der Waals surface area contributed by atoms with Gasteiger partial charge in [-0.25, -0.2) is 0 Å². The van der Waals surface area contributed by atoms with Crippen molar-refractivity contribution >= 4 is 12.6 Å². The molecule has 1 saturated carbocycles. The van der Waals surface area contributed by atoms with E-state index in [1.54, 1.807) is 0 Å². The summed E-state index contributed by atoms with van der Waals surface area (Å²) in [5.41, 5.74) is 0. The molecule has 0 aromatic carbocycles. The Morgan fingerprint density at radius 1 is 1.50 bits per heavy atom. The molecule has 0 aromatic heterocycles. The van der Waals surface area contributed by atoms with E-state index in [0.29, 0.717) is 0 Å². The van der Waals surface area contributed by atoms with Crippen LogP contribution in [0.25, 0.3) is 0 Å². The number of hydrogen-bond acceptors (Lipinski definition) is 2. The maximum absolute atomic E-state index is 4.68. The highest BCUT2D eigenvalue weighted by Crippen LogP contribution is 2.33. The Morgan fingerprint density at radius 3 is 2.83 bits per heavy atom. The van der Waals surface area contributed by atoms with Crippen LogP contribution in [0.4, 0.5) is 0 Å². The number of thiol groups is 1. The second-order valence-electron chi connectivity index (χ2n) is 4.78. The van der Waals surface area contributed by atoms with Crippen molar-refractivity contribution in [2.75, 3.05) is 19.6 Å². The van der Waals surface area contributed by atoms with Crippen LogP contribution < -0.4 is 0 Å². The van der Waals surface area contributed by atoms with Gasteiger partial charge in [-0.1, -0.05) is 0 Å². The van der Waals surface area contributed by atoms with Gasteiger partial charge in [-0.3, -0.25) is 0 Å². The Kier molecular flexibility index (Phi) is 2.39. The minimum Gasteiger partial charge on any atom is -0.302 e. The molecular formula is C10H19NS. The second kappa shape index (κ2) is 3.22. The summed E-state index contributed by atoms with van der Waals surface area (Å²) in [5, 5.41) is 0. The molecule has 2 heteroatoms. The lowest BCUT2D eigenvalue weighted by Gasteiger charge is -2.37. The minimum atomic E-state index is 0.285. The monoisotopic (exact) mass is 185 g/mol. The van der Waals surface area contributed by atoms with Gasteiger partial charge in [0.15, 0.2) is 0 Å². The molecule has 1 saturated heterocycles. The van der Waals surface area contributed by atoms with Crippen LogP contribution in [0, 0.1) is 5.92 Å². The van der Waals surface area contributed by atoms with Crippen molar-refractivity contribution in [1.82, 2.24) is 4.90 Å². The predicted molar refractivity (Wildman–Crippen MR) is 55.8 cm³/mol. The van der Waals surface area contributed by atoms with Crippen LogP contribution in [0.2, 0.25) is 0 Å². The third kappa shape index (κ3) is 2.40.